The van der Waals surface area contributed by atoms with Gasteiger partial charge in [-0.1, -0.05) is 22.0 Å². The van der Waals surface area contributed by atoms with Gasteiger partial charge in [-0.2, -0.15) is 0 Å². The van der Waals surface area contributed by atoms with Gasteiger partial charge in [-0.05, 0) is 31.5 Å². The van der Waals surface area contributed by atoms with Crippen LogP contribution in [0.4, 0.5) is 17.3 Å². The van der Waals surface area contributed by atoms with Gasteiger partial charge in [0.25, 0.3) is 0 Å². The summed E-state index contributed by atoms with van der Waals surface area (Å²) in [4.78, 5) is 8.38. The summed E-state index contributed by atoms with van der Waals surface area (Å²) >= 11 is 3.52. The molecule has 1 atom stereocenters. The highest BCUT2D eigenvalue weighted by molar-refractivity contribution is 9.10. The van der Waals surface area contributed by atoms with Crippen molar-refractivity contribution in [2.75, 3.05) is 17.2 Å². The summed E-state index contributed by atoms with van der Waals surface area (Å²) in [6.07, 6.45) is 1.52. The van der Waals surface area contributed by atoms with Gasteiger partial charge in [0.15, 0.2) is 0 Å². The topological polar surface area (TPSA) is 75.9 Å². The van der Waals surface area contributed by atoms with Crippen molar-refractivity contribution in [3.8, 4) is 0 Å². The van der Waals surface area contributed by atoms with Crippen molar-refractivity contribution < 1.29 is 0 Å². The number of aromatic nitrogens is 2. The lowest BCUT2D eigenvalue weighted by Crippen LogP contribution is -2.25. The molecule has 0 saturated heterocycles. The Morgan fingerprint density at radius 2 is 2.00 bits per heavy atom. The fourth-order valence-corrected chi connectivity index (χ4v) is 2.01. The second kappa shape index (κ2) is 6.67. The van der Waals surface area contributed by atoms with E-state index in [9.17, 15) is 0 Å². The van der Waals surface area contributed by atoms with Gasteiger partial charge < -0.3 is 16.4 Å². The second-order valence-corrected chi connectivity index (χ2v) is 5.51. The average molecular weight is 336 g/mol. The predicted octanol–water partition coefficient (Wildman–Crippen LogP) is 3.05. The summed E-state index contributed by atoms with van der Waals surface area (Å²) in [6, 6.07) is 8.11. The van der Waals surface area contributed by atoms with Crippen LogP contribution in [0.2, 0.25) is 0 Å². The number of rotatable bonds is 5. The molecule has 1 unspecified atom stereocenters. The maximum absolute atomic E-state index is 5.59. The predicted molar refractivity (Wildman–Crippen MR) is 86.3 cm³/mol. The molecule has 0 radical (unpaired) electrons. The highest BCUT2D eigenvalue weighted by atomic mass is 79.9. The van der Waals surface area contributed by atoms with Crippen molar-refractivity contribution in [3.63, 3.8) is 0 Å². The quantitative estimate of drug-likeness (QED) is 0.782. The molecular formula is C14H18BrN5. The second-order valence-electron chi connectivity index (χ2n) is 4.66. The zero-order valence-electron chi connectivity index (χ0n) is 11.5. The largest absolute Gasteiger partial charge is 0.366 e. The fourth-order valence-electron chi connectivity index (χ4n) is 1.63. The molecule has 4 N–H and O–H groups in total. The Labute approximate surface area is 127 Å². The molecule has 106 valence electrons. The number of anilines is 3. The number of benzene rings is 1. The van der Waals surface area contributed by atoms with Gasteiger partial charge in [-0.15, -0.1) is 0 Å². The molecule has 0 fully saturated rings. The first-order chi connectivity index (χ1) is 9.58. The normalized spacial score (nSPS) is 12.0. The van der Waals surface area contributed by atoms with E-state index in [0.29, 0.717) is 6.54 Å². The van der Waals surface area contributed by atoms with Gasteiger partial charge in [0.1, 0.15) is 18.0 Å². The first-order valence-corrected chi connectivity index (χ1v) is 7.19. The Morgan fingerprint density at radius 3 is 2.70 bits per heavy atom. The zero-order valence-corrected chi connectivity index (χ0v) is 13.1. The lowest BCUT2D eigenvalue weighted by molar-refractivity contribution is 0.797. The molecule has 2 rings (SSSR count). The van der Waals surface area contributed by atoms with Crippen molar-refractivity contribution in [2.24, 2.45) is 5.73 Å². The minimum atomic E-state index is 0.172. The van der Waals surface area contributed by atoms with Gasteiger partial charge in [-0.25, -0.2) is 9.97 Å². The van der Waals surface area contributed by atoms with Crippen LogP contribution in [0.5, 0.6) is 0 Å². The van der Waals surface area contributed by atoms with Crippen LogP contribution in [0.25, 0.3) is 0 Å². The molecule has 5 nitrogen and oxygen atoms in total. The number of nitrogens with zero attached hydrogens (tertiary/aromatic N) is 2. The molecule has 20 heavy (non-hydrogen) atoms. The Hall–Kier alpha value is -1.66. The Kier molecular flexibility index (Phi) is 4.92. The van der Waals surface area contributed by atoms with Crippen LogP contribution < -0.4 is 16.4 Å². The molecule has 2 aromatic rings. The third-order valence-electron chi connectivity index (χ3n) is 2.86. The molecule has 6 heteroatoms. The standard InChI is InChI=1S/C14H18BrN5/c1-9-3-4-11(5-12(9)15)20-14-6-13(17-8-18-14)19-10(2)7-16/h3-6,8,10H,7,16H2,1-2H3,(H2,17,18,19,20). The van der Waals surface area contributed by atoms with E-state index in [1.165, 1.54) is 11.9 Å². The Morgan fingerprint density at radius 1 is 1.25 bits per heavy atom. The molecule has 0 saturated carbocycles. The van der Waals surface area contributed by atoms with Gasteiger partial charge in [0, 0.05) is 28.8 Å². The van der Waals surface area contributed by atoms with Crippen LogP contribution in [0.1, 0.15) is 12.5 Å². The molecule has 1 aromatic carbocycles. The van der Waals surface area contributed by atoms with Gasteiger partial charge >= 0.3 is 0 Å². The molecule has 0 bridgehead atoms. The third-order valence-corrected chi connectivity index (χ3v) is 3.71. The maximum Gasteiger partial charge on any atom is 0.135 e. The van der Waals surface area contributed by atoms with E-state index >= 15 is 0 Å². The highest BCUT2D eigenvalue weighted by Crippen LogP contribution is 2.23. The first kappa shape index (κ1) is 14.7. The van der Waals surface area contributed by atoms with Gasteiger partial charge in [-0.3, -0.25) is 0 Å². The van der Waals surface area contributed by atoms with E-state index in [1.54, 1.807) is 0 Å². The monoisotopic (exact) mass is 335 g/mol. The van der Waals surface area contributed by atoms with Crippen LogP contribution in [-0.4, -0.2) is 22.6 Å². The number of hydrogen-bond donors (Lipinski definition) is 3. The number of hydrogen-bond acceptors (Lipinski definition) is 5. The average Bonchev–Trinajstić information content (AvgIpc) is 2.43. The number of nitrogens with two attached hydrogens (primary N) is 1. The third kappa shape index (κ3) is 3.91. The van der Waals surface area contributed by atoms with Crippen LogP contribution in [0.3, 0.4) is 0 Å². The summed E-state index contributed by atoms with van der Waals surface area (Å²) in [5.74, 6) is 1.49. The Balaban J connectivity index is 2.12. The van der Waals surface area contributed by atoms with Crippen LogP contribution in [0, 0.1) is 6.92 Å². The van der Waals surface area contributed by atoms with Crippen LogP contribution in [0.15, 0.2) is 35.1 Å². The zero-order chi connectivity index (χ0) is 14.5. The minimum absolute atomic E-state index is 0.172. The summed E-state index contributed by atoms with van der Waals surface area (Å²) in [7, 11) is 0. The molecule has 1 heterocycles. The molecule has 0 aliphatic carbocycles. The van der Waals surface area contributed by atoms with E-state index in [4.69, 9.17) is 5.73 Å². The number of nitrogens with one attached hydrogen (secondary N) is 2. The van der Waals surface area contributed by atoms with Crippen LogP contribution in [-0.2, 0) is 0 Å². The van der Waals surface area contributed by atoms with Crippen molar-refractivity contribution >= 4 is 33.3 Å². The van der Waals surface area contributed by atoms with Crippen molar-refractivity contribution in [2.45, 2.75) is 19.9 Å². The van der Waals surface area contributed by atoms with Gasteiger partial charge in [0.2, 0.25) is 0 Å². The molecule has 0 aliphatic rings. The van der Waals surface area contributed by atoms with Crippen molar-refractivity contribution in [1.29, 1.82) is 0 Å². The minimum Gasteiger partial charge on any atom is -0.366 e. The van der Waals surface area contributed by atoms with E-state index in [2.05, 4.69) is 43.5 Å². The van der Waals surface area contributed by atoms with Crippen molar-refractivity contribution in [1.82, 2.24) is 9.97 Å². The summed E-state index contributed by atoms with van der Waals surface area (Å²) in [5.41, 5.74) is 7.75. The van der Waals surface area contributed by atoms with E-state index in [0.717, 1.165) is 21.8 Å². The van der Waals surface area contributed by atoms with Crippen molar-refractivity contribution in [3.05, 3.63) is 40.6 Å². The molecule has 0 amide bonds. The molecule has 0 aliphatic heterocycles. The van der Waals surface area contributed by atoms with Crippen LogP contribution >= 0.6 is 15.9 Å². The fraction of sp³-hybridized carbons (Fsp3) is 0.286. The first-order valence-electron chi connectivity index (χ1n) is 6.40. The number of aryl methyl sites for hydroxylation is 1. The number of halogens is 1. The lowest BCUT2D eigenvalue weighted by Gasteiger charge is -2.13. The lowest BCUT2D eigenvalue weighted by atomic mass is 10.2. The highest BCUT2D eigenvalue weighted by Gasteiger charge is 2.03. The maximum atomic E-state index is 5.59. The SMILES string of the molecule is Cc1ccc(Nc2cc(NC(C)CN)ncn2)cc1Br. The molecule has 1 aromatic heterocycles. The summed E-state index contributed by atoms with van der Waals surface area (Å²) < 4.78 is 1.06. The van der Waals surface area contributed by atoms with E-state index in [-0.39, 0.29) is 6.04 Å². The molecule has 0 spiro atoms. The van der Waals surface area contributed by atoms with Gasteiger partial charge in [0.05, 0.1) is 0 Å². The molecular weight excluding hydrogens is 318 g/mol. The van der Waals surface area contributed by atoms with E-state index in [1.807, 2.05) is 31.2 Å². The smallest absolute Gasteiger partial charge is 0.135 e. The van der Waals surface area contributed by atoms with E-state index < -0.39 is 0 Å². The Bertz CT molecular complexity index is 588. The summed E-state index contributed by atoms with van der Waals surface area (Å²) in [5, 5.41) is 6.46. The summed E-state index contributed by atoms with van der Waals surface area (Å²) in [6.45, 7) is 4.61.